The van der Waals surface area contributed by atoms with Crippen LogP contribution in [0.15, 0.2) is 36.4 Å². The summed E-state index contributed by atoms with van der Waals surface area (Å²) >= 11 is 0. The van der Waals surface area contributed by atoms with Gasteiger partial charge in [0.05, 0.1) is 11.1 Å². The van der Waals surface area contributed by atoms with Crippen LogP contribution in [0.4, 0.5) is 10.1 Å². The number of halogens is 1. The molecule has 1 aliphatic heterocycles. The SMILES string of the molecule is O=C1NC(=O)c2c(NCCCc3ccc(O)cc3F)cccc21. The molecule has 2 amide bonds. The van der Waals surface area contributed by atoms with Gasteiger partial charge in [-0.1, -0.05) is 12.1 Å². The Balaban J connectivity index is 1.62. The lowest BCUT2D eigenvalue weighted by atomic mass is 10.1. The van der Waals surface area contributed by atoms with Crippen LogP contribution in [-0.2, 0) is 6.42 Å². The summed E-state index contributed by atoms with van der Waals surface area (Å²) in [5.74, 6) is -1.33. The summed E-state index contributed by atoms with van der Waals surface area (Å²) in [4.78, 5) is 23.4. The molecule has 2 aromatic rings. The monoisotopic (exact) mass is 314 g/mol. The minimum absolute atomic E-state index is 0.0973. The second-order valence-electron chi connectivity index (χ2n) is 5.32. The Kier molecular flexibility index (Phi) is 3.97. The van der Waals surface area contributed by atoms with Crippen molar-refractivity contribution in [2.24, 2.45) is 0 Å². The number of imide groups is 1. The first-order valence-electron chi connectivity index (χ1n) is 7.26. The Bertz CT molecular complexity index is 789. The number of nitrogens with one attached hydrogen (secondary N) is 2. The first kappa shape index (κ1) is 15.0. The normalized spacial score (nSPS) is 12.9. The third-order valence-electron chi connectivity index (χ3n) is 3.74. The number of hydrogen-bond donors (Lipinski definition) is 3. The van der Waals surface area contributed by atoms with Gasteiger partial charge in [-0.2, -0.15) is 0 Å². The molecule has 0 atom stereocenters. The van der Waals surface area contributed by atoms with Gasteiger partial charge in [-0.05, 0) is 36.6 Å². The van der Waals surface area contributed by atoms with Crippen LogP contribution in [0.2, 0.25) is 0 Å². The maximum absolute atomic E-state index is 13.6. The van der Waals surface area contributed by atoms with Crippen LogP contribution >= 0.6 is 0 Å². The Hall–Kier alpha value is -2.89. The average molecular weight is 314 g/mol. The van der Waals surface area contributed by atoms with Crippen LogP contribution in [0.3, 0.4) is 0 Å². The van der Waals surface area contributed by atoms with Crippen LogP contribution in [0, 0.1) is 5.82 Å². The van der Waals surface area contributed by atoms with Crippen molar-refractivity contribution in [1.29, 1.82) is 0 Å². The van der Waals surface area contributed by atoms with Gasteiger partial charge >= 0.3 is 0 Å². The number of carbonyl (C=O) groups excluding carboxylic acids is 2. The van der Waals surface area contributed by atoms with Crippen molar-refractivity contribution in [3.63, 3.8) is 0 Å². The molecule has 23 heavy (non-hydrogen) atoms. The van der Waals surface area contributed by atoms with Crippen LogP contribution < -0.4 is 10.6 Å². The van der Waals surface area contributed by atoms with Gasteiger partial charge in [-0.25, -0.2) is 4.39 Å². The van der Waals surface area contributed by atoms with Crippen molar-refractivity contribution in [2.75, 3.05) is 11.9 Å². The Labute approximate surface area is 132 Å². The van der Waals surface area contributed by atoms with Crippen LogP contribution in [0.1, 0.15) is 32.7 Å². The van der Waals surface area contributed by atoms with Gasteiger partial charge in [-0.3, -0.25) is 14.9 Å². The van der Waals surface area contributed by atoms with Crippen LogP contribution in [0.25, 0.3) is 0 Å². The van der Waals surface area contributed by atoms with E-state index < -0.39 is 11.7 Å². The summed E-state index contributed by atoms with van der Waals surface area (Å²) in [5.41, 5.74) is 1.84. The molecule has 1 aliphatic rings. The highest BCUT2D eigenvalue weighted by molar-refractivity contribution is 6.23. The Morgan fingerprint density at radius 1 is 1.13 bits per heavy atom. The van der Waals surface area contributed by atoms with Gasteiger partial charge < -0.3 is 10.4 Å². The number of hydrogen-bond acceptors (Lipinski definition) is 4. The van der Waals surface area contributed by atoms with Gasteiger partial charge in [0.25, 0.3) is 11.8 Å². The van der Waals surface area contributed by atoms with Crippen molar-refractivity contribution in [3.05, 3.63) is 58.9 Å². The minimum atomic E-state index is -0.435. The fourth-order valence-electron chi connectivity index (χ4n) is 2.61. The maximum Gasteiger partial charge on any atom is 0.261 e. The zero-order valence-corrected chi connectivity index (χ0v) is 12.2. The summed E-state index contributed by atoms with van der Waals surface area (Å²) in [7, 11) is 0. The molecule has 0 unspecified atom stereocenters. The van der Waals surface area contributed by atoms with E-state index in [0.29, 0.717) is 41.8 Å². The van der Waals surface area contributed by atoms with Gasteiger partial charge in [0.1, 0.15) is 11.6 Å². The summed E-state index contributed by atoms with van der Waals surface area (Å²) in [5, 5.41) is 14.5. The lowest BCUT2D eigenvalue weighted by Gasteiger charge is -2.09. The number of phenolic OH excluding ortho intramolecular Hbond substituents is 1. The predicted octanol–water partition coefficient (Wildman–Crippen LogP) is 2.46. The number of phenols is 1. The quantitative estimate of drug-likeness (QED) is 0.585. The van der Waals surface area contributed by atoms with Gasteiger partial charge in [0, 0.05) is 18.3 Å². The molecule has 0 aromatic heterocycles. The minimum Gasteiger partial charge on any atom is -0.508 e. The number of fused-ring (bicyclic) bond motifs is 1. The highest BCUT2D eigenvalue weighted by atomic mass is 19.1. The van der Waals surface area contributed by atoms with E-state index in [9.17, 15) is 19.1 Å². The Morgan fingerprint density at radius 3 is 2.74 bits per heavy atom. The van der Waals surface area contributed by atoms with Crippen molar-refractivity contribution < 1.29 is 19.1 Å². The molecule has 0 fully saturated rings. The van der Waals surface area contributed by atoms with Crippen molar-refractivity contribution in [3.8, 4) is 5.75 Å². The molecule has 5 nitrogen and oxygen atoms in total. The van der Waals surface area contributed by atoms with E-state index in [0.717, 1.165) is 6.07 Å². The molecular weight excluding hydrogens is 299 g/mol. The van der Waals surface area contributed by atoms with E-state index in [1.807, 2.05) is 0 Å². The number of amides is 2. The van der Waals surface area contributed by atoms with E-state index >= 15 is 0 Å². The molecule has 6 heteroatoms. The van der Waals surface area contributed by atoms with Crippen molar-refractivity contribution in [2.45, 2.75) is 12.8 Å². The topological polar surface area (TPSA) is 78.4 Å². The summed E-state index contributed by atoms with van der Waals surface area (Å²) in [6, 6.07) is 9.13. The fourth-order valence-corrected chi connectivity index (χ4v) is 2.61. The third-order valence-corrected chi connectivity index (χ3v) is 3.74. The van der Waals surface area contributed by atoms with E-state index in [1.54, 1.807) is 24.3 Å². The molecule has 118 valence electrons. The number of anilines is 1. The van der Waals surface area contributed by atoms with Gasteiger partial charge in [0.2, 0.25) is 0 Å². The van der Waals surface area contributed by atoms with Crippen molar-refractivity contribution in [1.82, 2.24) is 5.32 Å². The predicted molar refractivity (Wildman–Crippen MR) is 83.1 cm³/mol. The average Bonchev–Trinajstić information content (AvgIpc) is 2.81. The van der Waals surface area contributed by atoms with E-state index in [4.69, 9.17) is 0 Å². The molecule has 0 radical (unpaired) electrons. The first-order chi connectivity index (χ1) is 11.1. The lowest BCUT2D eigenvalue weighted by Crippen LogP contribution is -2.20. The number of carbonyl (C=O) groups is 2. The molecule has 0 saturated carbocycles. The number of benzene rings is 2. The van der Waals surface area contributed by atoms with Gasteiger partial charge in [-0.15, -0.1) is 0 Å². The van der Waals surface area contributed by atoms with Crippen LogP contribution in [-0.4, -0.2) is 23.5 Å². The summed E-state index contributed by atoms with van der Waals surface area (Å²) < 4.78 is 13.6. The molecule has 1 heterocycles. The highest BCUT2D eigenvalue weighted by Crippen LogP contribution is 2.24. The molecule has 3 rings (SSSR count). The van der Waals surface area contributed by atoms with E-state index in [1.165, 1.54) is 6.07 Å². The molecular formula is C17H15FN2O3. The Morgan fingerprint density at radius 2 is 1.96 bits per heavy atom. The zero-order chi connectivity index (χ0) is 16.4. The molecule has 3 N–H and O–H groups in total. The molecule has 0 bridgehead atoms. The largest absolute Gasteiger partial charge is 0.508 e. The lowest BCUT2D eigenvalue weighted by molar-refractivity contribution is 0.0880. The second-order valence-corrected chi connectivity index (χ2v) is 5.32. The standard InChI is InChI=1S/C17H15FN2O3/c18-13-9-11(21)7-6-10(13)3-2-8-19-14-5-1-4-12-15(14)17(23)20-16(12)22/h1,4-7,9,19,21H,2-3,8H2,(H,20,22,23). The number of aryl methyl sites for hydroxylation is 1. The second kappa shape index (κ2) is 6.08. The summed E-state index contributed by atoms with van der Waals surface area (Å²) in [6.07, 6.45) is 1.14. The zero-order valence-electron chi connectivity index (χ0n) is 12.2. The third kappa shape index (κ3) is 3.01. The summed E-state index contributed by atoms with van der Waals surface area (Å²) in [6.45, 7) is 0.526. The van der Waals surface area contributed by atoms with Crippen molar-refractivity contribution >= 4 is 17.5 Å². The van der Waals surface area contributed by atoms with E-state index in [2.05, 4.69) is 10.6 Å². The maximum atomic E-state index is 13.6. The molecule has 0 aliphatic carbocycles. The first-order valence-corrected chi connectivity index (χ1v) is 7.26. The fraction of sp³-hybridized carbons (Fsp3) is 0.176. The number of aromatic hydroxyl groups is 1. The smallest absolute Gasteiger partial charge is 0.261 e. The molecule has 0 spiro atoms. The molecule has 2 aromatic carbocycles. The van der Waals surface area contributed by atoms with Crippen LogP contribution in [0.5, 0.6) is 5.75 Å². The number of rotatable bonds is 5. The van der Waals surface area contributed by atoms with Gasteiger partial charge in [0.15, 0.2) is 0 Å². The molecule has 0 saturated heterocycles. The highest BCUT2D eigenvalue weighted by Gasteiger charge is 2.28. The van der Waals surface area contributed by atoms with E-state index in [-0.39, 0.29) is 11.7 Å².